The third-order valence-corrected chi connectivity index (χ3v) is 6.77. The summed E-state index contributed by atoms with van der Waals surface area (Å²) >= 11 is 0. The normalized spacial score (nSPS) is 18.1. The summed E-state index contributed by atoms with van der Waals surface area (Å²) in [6.45, 7) is 1.72. The molecule has 1 atom stereocenters. The summed E-state index contributed by atoms with van der Waals surface area (Å²) in [5.41, 5.74) is 1.15. The lowest BCUT2D eigenvalue weighted by atomic mass is 10.1. The van der Waals surface area contributed by atoms with Crippen molar-refractivity contribution in [2.45, 2.75) is 30.8 Å². The van der Waals surface area contributed by atoms with Crippen LogP contribution in [-0.4, -0.2) is 53.7 Å². The highest BCUT2D eigenvalue weighted by Crippen LogP contribution is 2.25. The van der Waals surface area contributed by atoms with E-state index >= 15 is 0 Å². The summed E-state index contributed by atoms with van der Waals surface area (Å²) in [5.74, 6) is -2.43. The minimum Gasteiger partial charge on any atom is -0.481 e. The molecule has 0 radical (unpaired) electrons. The zero-order valence-electron chi connectivity index (χ0n) is 15.8. The number of hydrogen-bond donors (Lipinski definition) is 1. The number of hydrogen-bond acceptors (Lipinski definition) is 4. The van der Waals surface area contributed by atoms with Crippen LogP contribution in [0.1, 0.15) is 17.5 Å². The molecule has 1 heterocycles. The van der Waals surface area contributed by atoms with Crippen LogP contribution in [0, 0.1) is 12.7 Å². The molecule has 2 aromatic rings. The molecule has 0 spiro atoms. The number of aliphatic carboxylic acids is 1. The van der Waals surface area contributed by atoms with Gasteiger partial charge in [-0.05, 0) is 25.1 Å². The predicted octanol–water partition coefficient (Wildman–Crippen LogP) is 2.01. The van der Waals surface area contributed by atoms with E-state index in [-0.39, 0.29) is 30.1 Å². The third-order valence-electron chi connectivity index (χ3n) is 4.85. The number of benzene rings is 2. The first-order valence-electron chi connectivity index (χ1n) is 9.02. The van der Waals surface area contributed by atoms with Crippen molar-refractivity contribution in [3.8, 4) is 0 Å². The fourth-order valence-electron chi connectivity index (χ4n) is 3.30. The van der Waals surface area contributed by atoms with Crippen molar-refractivity contribution in [2.24, 2.45) is 0 Å². The SMILES string of the molecule is Cc1ccc(S(=O)(=O)N2CCN(Cc3ccccc3F)C(=O)C2CC(=O)O)cc1. The molecule has 0 saturated carbocycles. The Kier molecular flexibility index (Phi) is 5.99. The van der Waals surface area contributed by atoms with E-state index in [1.54, 1.807) is 18.2 Å². The van der Waals surface area contributed by atoms with Crippen LogP contribution in [0.5, 0.6) is 0 Å². The second-order valence-electron chi connectivity index (χ2n) is 6.89. The molecular weight excluding hydrogens is 399 g/mol. The molecule has 0 aliphatic carbocycles. The molecule has 3 rings (SSSR count). The highest BCUT2D eigenvalue weighted by atomic mass is 32.2. The van der Waals surface area contributed by atoms with E-state index in [0.29, 0.717) is 0 Å². The van der Waals surface area contributed by atoms with Crippen molar-refractivity contribution >= 4 is 21.9 Å². The molecule has 1 aliphatic heterocycles. The first-order valence-corrected chi connectivity index (χ1v) is 10.5. The Morgan fingerprint density at radius 1 is 1.14 bits per heavy atom. The highest BCUT2D eigenvalue weighted by Gasteiger charge is 2.42. The third kappa shape index (κ3) is 4.46. The van der Waals surface area contributed by atoms with Crippen molar-refractivity contribution in [2.75, 3.05) is 13.1 Å². The summed E-state index contributed by atoms with van der Waals surface area (Å²) in [7, 11) is -4.06. The average Bonchev–Trinajstić information content (AvgIpc) is 2.66. The van der Waals surface area contributed by atoms with E-state index in [1.165, 1.54) is 35.2 Å². The van der Waals surface area contributed by atoms with Gasteiger partial charge >= 0.3 is 5.97 Å². The fourth-order valence-corrected chi connectivity index (χ4v) is 4.87. The zero-order valence-corrected chi connectivity index (χ0v) is 16.6. The minimum atomic E-state index is -4.06. The van der Waals surface area contributed by atoms with Crippen molar-refractivity contribution in [3.63, 3.8) is 0 Å². The van der Waals surface area contributed by atoms with Crippen LogP contribution in [0.4, 0.5) is 4.39 Å². The average molecular weight is 420 g/mol. The van der Waals surface area contributed by atoms with Gasteiger partial charge in [0.1, 0.15) is 11.9 Å². The number of amides is 1. The number of carboxylic acid groups (broad SMARTS) is 1. The van der Waals surface area contributed by atoms with Gasteiger partial charge in [0.25, 0.3) is 0 Å². The van der Waals surface area contributed by atoms with Crippen LogP contribution in [-0.2, 0) is 26.2 Å². The summed E-state index contributed by atoms with van der Waals surface area (Å²) < 4.78 is 41.0. The molecule has 1 amide bonds. The van der Waals surface area contributed by atoms with Gasteiger partial charge in [-0.2, -0.15) is 4.31 Å². The van der Waals surface area contributed by atoms with E-state index in [4.69, 9.17) is 0 Å². The fraction of sp³-hybridized carbons (Fsp3) is 0.300. The number of aryl methyl sites for hydroxylation is 1. The lowest BCUT2D eigenvalue weighted by Crippen LogP contribution is -2.58. The highest BCUT2D eigenvalue weighted by molar-refractivity contribution is 7.89. The Labute approximate surface area is 168 Å². The molecule has 1 fully saturated rings. The van der Waals surface area contributed by atoms with Gasteiger partial charge in [-0.1, -0.05) is 35.9 Å². The van der Waals surface area contributed by atoms with Gasteiger partial charge in [-0.3, -0.25) is 9.59 Å². The Bertz CT molecular complexity index is 1020. The summed E-state index contributed by atoms with van der Waals surface area (Å²) in [6, 6.07) is 10.7. The van der Waals surface area contributed by atoms with Crippen LogP contribution in [0.3, 0.4) is 0 Å². The Morgan fingerprint density at radius 3 is 2.41 bits per heavy atom. The standard InChI is InChI=1S/C20H21FN2O5S/c1-14-6-8-16(9-7-14)29(27,28)23-11-10-22(20(26)18(23)12-19(24)25)13-15-4-2-3-5-17(15)21/h2-9,18H,10-13H2,1H3,(H,24,25). The summed E-state index contributed by atoms with van der Waals surface area (Å²) in [6.07, 6.45) is -0.669. The van der Waals surface area contributed by atoms with Crippen LogP contribution < -0.4 is 0 Å². The maximum atomic E-state index is 14.0. The monoisotopic (exact) mass is 420 g/mol. The lowest BCUT2D eigenvalue weighted by molar-refractivity contribution is -0.147. The first-order chi connectivity index (χ1) is 13.7. The number of carbonyl (C=O) groups excluding carboxylic acids is 1. The van der Waals surface area contributed by atoms with Crippen molar-refractivity contribution < 1.29 is 27.5 Å². The molecule has 1 saturated heterocycles. The largest absolute Gasteiger partial charge is 0.481 e. The molecule has 2 aromatic carbocycles. The Balaban J connectivity index is 1.90. The number of carbonyl (C=O) groups is 2. The van der Waals surface area contributed by atoms with Crippen LogP contribution in [0.25, 0.3) is 0 Å². The second-order valence-corrected chi connectivity index (χ2v) is 8.78. The first kappa shape index (κ1) is 20.9. The number of halogens is 1. The van der Waals surface area contributed by atoms with Crippen molar-refractivity contribution in [1.82, 2.24) is 9.21 Å². The van der Waals surface area contributed by atoms with Crippen LogP contribution >= 0.6 is 0 Å². The minimum absolute atomic E-state index is 0.00570. The number of nitrogens with zero attached hydrogens (tertiary/aromatic N) is 2. The predicted molar refractivity (Wildman–Crippen MR) is 103 cm³/mol. The molecule has 29 heavy (non-hydrogen) atoms. The molecule has 0 aromatic heterocycles. The van der Waals surface area contributed by atoms with Crippen molar-refractivity contribution in [3.05, 3.63) is 65.5 Å². The Hall–Kier alpha value is -2.78. The summed E-state index contributed by atoms with van der Waals surface area (Å²) in [5, 5.41) is 9.24. The number of sulfonamides is 1. The van der Waals surface area contributed by atoms with Crippen LogP contribution in [0.15, 0.2) is 53.4 Å². The topological polar surface area (TPSA) is 95.0 Å². The van der Waals surface area contributed by atoms with Crippen LogP contribution in [0.2, 0.25) is 0 Å². The van der Waals surface area contributed by atoms with E-state index in [2.05, 4.69) is 0 Å². The van der Waals surface area contributed by atoms with Gasteiger partial charge in [0.05, 0.1) is 11.3 Å². The van der Waals surface area contributed by atoms with Gasteiger partial charge in [0.15, 0.2) is 0 Å². The van der Waals surface area contributed by atoms with Gasteiger partial charge in [-0.15, -0.1) is 0 Å². The number of rotatable bonds is 6. The smallest absolute Gasteiger partial charge is 0.305 e. The van der Waals surface area contributed by atoms with E-state index in [0.717, 1.165) is 9.87 Å². The van der Waals surface area contributed by atoms with Gasteiger partial charge in [0.2, 0.25) is 15.9 Å². The zero-order chi connectivity index (χ0) is 21.2. The quantitative estimate of drug-likeness (QED) is 0.771. The summed E-state index contributed by atoms with van der Waals surface area (Å²) in [4.78, 5) is 25.6. The van der Waals surface area contributed by atoms with Gasteiger partial charge in [0, 0.05) is 25.2 Å². The van der Waals surface area contributed by atoms with E-state index in [9.17, 15) is 27.5 Å². The maximum Gasteiger partial charge on any atom is 0.305 e. The number of carboxylic acids is 1. The molecule has 154 valence electrons. The molecule has 1 N–H and O–H groups in total. The number of piperazine rings is 1. The molecule has 1 aliphatic rings. The van der Waals surface area contributed by atoms with Crippen molar-refractivity contribution in [1.29, 1.82) is 0 Å². The van der Waals surface area contributed by atoms with Gasteiger partial charge in [-0.25, -0.2) is 12.8 Å². The molecular formula is C20H21FN2O5S. The van der Waals surface area contributed by atoms with E-state index in [1.807, 2.05) is 6.92 Å². The molecule has 9 heteroatoms. The second kappa shape index (κ2) is 8.30. The Morgan fingerprint density at radius 2 is 1.79 bits per heavy atom. The molecule has 0 bridgehead atoms. The lowest BCUT2D eigenvalue weighted by Gasteiger charge is -2.39. The van der Waals surface area contributed by atoms with Gasteiger partial charge < -0.3 is 10.0 Å². The molecule has 7 nitrogen and oxygen atoms in total. The maximum absolute atomic E-state index is 14.0. The molecule has 1 unspecified atom stereocenters. The van der Waals surface area contributed by atoms with E-state index < -0.39 is 40.2 Å².